The van der Waals surface area contributed by atoms with E-state index in [1.54, 1.807) is 14.2 Å². The molecule has 0 aliphatic carbocycles. The lowest BCUT2D eigenvalue weighted by molar-refractivity contribution is 0.414. The SMILES string of the molecule is CCN(CC)c1ccc(-c2cc(-c3ccc(OC)cc3)c(-c3ccc(OC)cc3)nn2)cc1. The van der Waals surface area contributed by atoms with Crippen LogP contribution in [0.15, 0.2) is 78.9 Å². The van der Waals surface area contributed by atoms with Crippen molar-refractivity contribution in [3.8, 4) is 45.1 Å². The topological polar surface area (TPSA) is 47.5 Å². The van der Waals surface area contributed by atoms with Crippen molar-refractivity contribution in [3.63, 3.8) is 0 Å². The molecule has 5 nitrogen and oxygen atoms in total. The summed E-state index contributed by atoms with van der Waals surface area (Å²) in [6.07, 6.45) is 0. The van der Waals surface area contributed by atoms with Gasteiger partial charge in [-0.25, -0.2) is 0 Å². The normalized spacial score (nSPS) is 10.7. The molecule has 1 aromatic heterocycles. The van der Waals surface area contributed by atoms with Gasteiger partial charge in [0.05, 0.1) is 19.9 Å². The molecule has 0 spiro atoms. The van der Waals surface area contributed by atoms with Crippen molar-refractivity contribution < 1.29 is 9.47 Å². The van der Waals surface area contributed by atoms with E-state index < -0.39 is 0 Å². The molecule has 3 aromatic carbocycles. The molecule has 1 heterocycles. The van der Waals surface area contributed by atoms with Crippen LogP contribution in [0.25, 0.3) is 33.6 Å². The van der Waals surface area contributed by atoms with Crippen LogP contribution in [0.4, 0.5) is 5.69 Å². The number of anilines is 1. The van der Waals surface area contributed by atoms with Crippen LogP contribution in [0.1, 0.15) is 13.8 Å². The minimum absolute atomic E-state index is 0.808. The van der Waals surface area contributed by atoms with E-state index in [1.165, 1.54) is 5.69 Å². The average molecular weight is 440 g/mol. The molecule has 0 N–H and O–H groups in total. The van der Waals surface area contributed by atoms with Gasteiger partial charge in [0.1, 0.15) is 17.2 Å². The molecule has 0 atom stereocenters. The smallest absolute Gasteiger partial charge is 0.118 e. The van der Waals surface area contributed by atoms with Crippen molar-refractivity contribution in [1.29, 1.82) is 0 Å². The zero-order chi connectivity index (χ0) is 23.2. The third-order valence-electron chi connectivity index (χ3n) is 5.85. The number of nitrogens with zero attached hydrogens (tertiary/aromatic N) is 3. The summed E-state index contributed by atoms with van der Waals surface area (Å²) in [7, 11) is 3.34. The molecule has 4 aromatic rings. The quantitative estimate of drug-likeness (QED) is 0.321. The number of benzene rings is 3. The first-order valence-corrected chi connectivity index (χ1v) is 11.2. The van der Waals surface area contributed by atoms with E-state index in [2.05, 4.69) is 71.4 Å². The third-order valence-corrected chi connectivity index (χ3v) is 5.85. The van der Waals surface area contributed by atoms with Crippen LogP contribution in [0, 0.1) is 0 Å². The Bertz CT molecular complexity index is 1180. The van der Waals surface area contributed by atoms with Crippen LogP contribution in [-0.2, 0) is 0 Å². The van der Waals surface area contributed by atoms with Crippen LogP contribution >= 0.6 is 0 Å². The fourth-order valence-corrected chi connectivity index (χ4v) is 3.92. The summed E-state index contributed by atoms with van der Waals surface area (Å²) in [4.78, 5) is 2.32. The van der Waals surface area contributed by atoms with Crippen LogP contribution in [0.2, 0.25) is 0 Å². The highest BCUT2D eigenvalue weighted by atomic mass is 16.5. The molecule has 0 radical (unpaired) electrons. The number of rotatable bonds is 8. The first-order valence-electron chi connectivity index (χ1n) is 11.2. The second-order valence-corrected chi connectivity index (χ2v) is 7.67. The molecule has 0 amide bonds. The third kappa shape index (κ3) is 4.82. The fourth-order valence-electron chi connectivity index (χ4n) is 3.92. The minimum Gasteiger partial charge on any atom is -0.497 e. The van der Waals surface area contributed by atoms with Crippen LogP contribution in [-0.4, -0.2) is 37.5 Å². The second kappa shape index (κ2) is 10.2. The monoisotopic (exact) mass is 439 g/mol. The Morgan fingerprint density at radius 1 is 0.636 bits per heavy atom. The molecular formula is C28H29N3O2. The molecule has 4 rings (SSSR count). The molecule has 0 aliphatic rings. The lowest BCUT2D eigenvalue weighted by atomic mass is 9.98. The Labute approximate surface area is 195 Å². The summed E-state index contributed by atoms with van der Waals surface area (Å²) in [5, 5.41) is 9.24. The van der Waals surface area contributed by atoms with E-state index in [0.717, 1.165) is 58.2 Å². The largest absolute Gasteiger partial charge is 0.497 e. The van der Waals surface area contributed by atoms with Crippen molar-refractivity contribution in [2.75, 3.05) is 32.2 Å². The zero-order valence-corrected chi connectivity index (χ0v) is 19.6. The predicted octanol–water partition coefficient (Wildman–Crippen LogP) is 6.34. The summed E-state index contributed by atoms with van der Waals surface area (Å²) in [5.41, 5.74) is 6.96. The van der Waals surface area contributed by atoms with Gasteiger partial charge in [-0.05, 0) is 74.0 Å². The Morgan fingerprint density at radius 3 is 1.67 bits per heavy atom. The van der Waals surface area contributed by atoms with Gasteiger partial charge < -0.3 is 14.4 Å². The van der Waals surface area contributed by atoms with Crippen molar-refractivity contribution in [3.05, 3.63) is 78.9 Å². The summed E-state index contributed by atoms with van der Waals surface area (Å²) < 4.78 is 10.7. The molecule has 0 unspecified atom stereocenters. The number of hydrogen-bond donors (Lipinski definition) is 0. The molecule has 0 saturated heterocycles. The highest BCUT2D eigenvalue weighted by Crippen LogP contribution is 2.34. The lowest BCUT2D eigenvalue weighted by Gasteiger charge is -2.21. The number of methoxy groups -OCH3 is 2. The van der Waals surface area contributed by atoms with E-state index >= 15 is 0 Å². The zero-order valence-electron chi connectivity index (χ0n) is 19.6. The van der Waals surface area contributed by atoms with Crippen molar-refractivity contribution in [1.82, 2.24) is 10.2 Å². The molecule has 0 fully saturated rings. The van der Waals surface area contributed by atoms with Crippen molar-refractivity contribution in [2.45, 2.75) is 13.8 Å². The number of ether oxygens (including phenoxy) is 2. The summed E-state index contributed by atoms with van der Waals surface area (Å²) in [6.45, 7) is 6.30. The van der Waals surface area contributed by atoms with Crippen molar-refractivity contribution >= 4 is 5.69 Å². The predicted molar refractivity (Wildman–Crippen MR) is 135 cm³/mol. The van der Waals surface area contributed by atoms with E-state index in [9.17, 15) is 0 Å². The van der Waals surface area contributed by atoms with Gasteiger partial charge in [0.15, 0.2) is 0 Å². The Morgan fingerprint density at radius 2 is 1.15 bits per heavy atom. The van der Waals surface area contributed by atoms with Crippen LogP contribution in [0.3, 0.4) is 0 Å². The number of aromatic nitrogens is 2. The highest BCUT2D eigenvalue weighted by molar-refractivity contribution is 5.83. The van der Waals surface area contributed by atoms with E-state index in [1.807, 2.05) is 36.4 Å². The van der Waals surface area contributed by atoms with E-state index in [-0.39, 0.29) is 0 Å². The van der Waals surface area contributed by atoms with Gasteiger partial charge in [-0.2, -0.15) is 0 Å². The van der Waals surface area contributed by atoms with E-state index in [0.29, 0.717) is 0 Å². The Balaban J connectivity index is 1.78. The second-order valence-electron chi connectivity index (χ2n) is 7.67. The molecule has 0 aliphatic heterocycles. The molecule has 0 saturated carbocycles. The first-order chi connectivity index (χ1) is 16.2. The molecular weight excluding hydrogens is 410 g/mol. The van der Waals surface area contributed by atoms with Gasteiger partial charge >= 0.3 is 0 Å². The van der Waals surface area contributed by atoms with Gasteiger partial charge in [-0.15, -0.1) is 10.2 Å². The minimum atomic E-state index is 0.808. The molecule has 0 bridgehead atoms. The maximum atomic E-state index is 5.34. The highest BCUT2D eigenvalue weighted by Gasteiger charge is 2.14. The lowest BCUT2D eigenvalue weighted by Crippen LogP contribution is -2.21. The molecule has 33 heavy (non-hydrogen) atoms. The van der Waals surface area contributed by atoms with Crippen molar-refractivity contribution in [2.24, 2.45) is 0 Å². The van der Waals surface area contributed by atoms with Gasteiger partial charge in [0, 0.05) is 35.5 Å². The van der Waals surface area contributed by atoms with Gasteiger partial charge in [0.2, 0.25) is 0 Å². The summed E-state index contributed by atoms with van der Waals surface area (Å²) in [5.74, 6) is 1.63. The Kier molecular flexibility index (Phi) is 6.89. The fraction of sp³-hybridized carbons (Fsp3) is 0.214. The maximum Gasteiger partial charge on any atom is 0.118 e. The molecule has 5 heteroatoms. The Hall–Kier alpha value is -3.86. The van der Waals surface area contributed by atoms with Crippen LogP contribution in [0.5, 0.6) is 11.5 Å². The first kappa shape index (κ1) is 22.3. The van der Waals surface area contributed by atoms with Gasteiger partial charge in [-0.3, -0.25) is 0 Å². The van der Waals surface area contributed by atoms with E-state index in [4.69, 9.17) is 9.47 Å². The summed E-state index contributed by atoms with van der Waals surface area (Å²) in [6, 6.07) is 26.6. The van der Waals surface area contributed by atoms with Crippen LogP contribution < -0.4 is 14.4 Å². The van der Waals surface area contributed by atoms with Gasteiger partial charge in [-0.1, -0.05) is 24.3 Å². The average Bonchev–Trinajstić information content (AvgIpc) is 2.89. The number of hydrogen-bond acceptors (Lipinski definition) is 5. The van der Waals surface area contributed by atoms with Gasteiger partial charge in [0.25, 0.3) is 0 Å². The summed E-state index contributed by atoms with van der Waals surface area (Å²) >= 11 is 0. The standard InChI is InChI=1S/C28H29N3O2/c1-5-31(6-2)23-13-7-21(8-14-23)27-19-26(20-9-15-24(32-3)16-10-20)28(30-29-27)22-11-17-25(33-4)18-12-22/h7-19H,5-6H2,1-4H3. The molecule has 168 valence electrons. The maximum absolute atomic E-state index is 5.34.